The molecule has 138 valence electrons. The summed E-state index contributed by atoms with van der Waals surface area (Å²) in [6.07, 6.45) is 0. The van der Waals surface area contributed by atoms with Crippen LogP contribution in [0.3, 0.4) is 0 Å². The molecule has 26 heavy (non-hydrogen) atoms. The number of carbonyl (C=O) groups is 2. The molecular formula is C16H16BrClN4O3S. The fraction of sp³-hybridized carbons (Fsp3) is 0.312. The van der Waals surface area contributed by atoms with Crippen molar-refractivity contribution in [3.63, 3.8) is 0 Å². The molecule has 1 aromatic carbocycles. The number of halogens is 2. The minimum absolute atomic E-state index is 0.269. The Labute approximate surface area is 167 Å². The zero-order valence-electron chi connectivity index (χ0n) is 13.8. The van der Waals surface area contributed by atoms with Crippen molar-refractivity contribution >= 4 is 55.8 Å². The molecule has 2 N–H and O–H groups in total. The molecule has 0 aliphatic carbocycles. The van der Waals surface area contributed by atoms with Crippen molar-refractivity contribution < 1.29 is 14.3 Å². The summed E-state index contributed by atoms with van der Waals surface area (Å²) in [5, 5.41) is 1.06. The van der Waals surface area contributed by atoms with Crippen molar-refractivity contribution in [1.82, 2.24) is 15.8 Å². The summed E-state index contributed by atoms with van der Waals surface area (Å²) < 4.78 is 6.09. The summed E-state index contributed by atoms with van der Waals surface area (Å²) in [7, 11) is 0. The van der Waals surface area contributed by atoms with Gasteiger partial charge in [0.1, 0.15) is 4.88 Å². The predicted molar refractivity (Wildman–Crippen MR) is 104 cm³/mol. The van der Waals surface area contributed by atoms with Crippen LogP contribution in [0.15, 0.2) is 22.7 Å². The number of hydrogen-bond acceptors (Lipinski definition) is 6. The van der Waals surface area contributed by atoms with Crippen LogP contribution in [0.5, 0.6) is 0 Å². The van der Waals surface area contributed by atoms with Crippen LogP contribution in [0.25, 0.3) is 0 Å². The number of benzene rings is 1. The average molecular weight is 460 g/mol. The molecule has 2 heterocycles. The van der Waals surface area contributed by atoms with E-state index in [1.54, 1.807) is 25.1 Å². The average Bonchev–Trinajstić information content (AvgIpc) is 3.02. The smallest absolute Gasteiger partial charge is 0.281 e. The number of amides is 2. The summed E-state index contributed by atoms with van der Waals surface area (Å²) in [6.45, 7) is 4.54. The molecule has 1 aliphatic rings. The van der Waals surface area contributed by atoms with Gasteiger partial charge in [0.25, 0.3) is 11.8 Å². The van der Waals surface area contributed by atoms with E-state index in [-0.39, 0.29) is 10.6 Å². The van der Waals surface area contributed by atoms with Crippen LogP contribution >= 0.6 is 38.9 Å². The Bertz CT molecular complexity index is 839. The van der Waals surface area contributed by atoms with E-state index in [1.165, 1.54) is 11.3 Å². The number of nitrogens with zero attached hydrogens (tertiary/aromatic N) is 2. The molecule has 0 bridgehead atoms. The Morgan fingerprint density at radius 1 is 1.27 bits per heavy atom. The number of hydrogen-bond donors (Lipinski definition) is 2. The van der Waals surface area contributed by atoms with Gasteiger partial charge in [0.05, 0.1) is 29.5 Å². The highest BCUT2D eigenvalue weighted by molar-refractivity contribution is 9.10. The minimum Gasteiger partial charge on any atom is -0.378 e. The number of nitrogens with one attached hydrogen (secondary N) is 2. The second-order valence-corrected chi connectivity index (χ2v) is 7.84. The molecule has 3 rings (SSSR count). The lowest BCUT2D eigenvalue weighted by atomic mass is 10.2. The van der Waals surface area contributed by atoms with Gasteiger partial charge in [0.2, 0.25) is 0 Å². The van der Waals surface area contributed by atoms with Gasteiger partial charge in [-0.1, -0.05) is 38.9 Å². The first-order valence-electron chi connectivity index (χ1n) is 7.81. The molecule has 1 saturated heterocycles. The van der Waals surface area contributed by atoms with Gasteiger partial charge in [0.15, 0.2) is 5.13 Å². The van der Waals surface area contributed by atoms with Crippen LogP contribution in [-0.4, -0.2) is 43.1 Å². The van der Waals surface area contributed by atoms with Gasteiger partial charge in [-0.25, -0.2) is 4.98 Å². The van der Waals surface area contributed by atoms with E-state index in [0.29, 0.717) is 23.8 Å². The number of morpholine rings is 1. The van der Waals surface area contributed by atoms with Gasteiger partial charge in [-0.3, -0.25) is 20.4 Å². The topological polar surface area (TPSA) is 83.6 Å². The lowest BCUT2D eigenvalue weighted by Crippen LogP contribution is -2.41. The number of rotatable bonds is 3. The Hall–Kier alpha value is -1.68. The summed E-state index contributed by atoms with van der Waals surface area (Å²) in [5.74, 6) is -0.910. The van der Waals surface area contributed by atoms with Crippen molar-refractivity contribution in [3.8, 4) is 0 Å². The first kappa shape index (κ1) is 19.1. The van der Waals surface area contributed by atoms with Gasteiger partial charge < -0.3 is 9.64 Å². The summed E-state index contributed by atoms with van der Waals surface area (Å²) in [6, 6.07) is 4.88. The van der Waals surface area contributed by atoms with Gasteiger partial charge in [-0.05, 0) is 25.1 Å². The molecule has 2 aromatic rings. The van der Waals surface area contributed by atoms with E-state index >= 15 is 0 Å². The SMILES string of the molecule is Cc1nc(N2CCOCC2)sc1C(=O)NNC(=O)c1ccc(Br)cc1Cl. The third kappa shape index (κ3) is 4.35. The molecule has 1 fully saturated rings. The Kier molecular flexibility index (Phi) is 6.13. The maximum Gasteiger partial charge on any atom is 0.281 e. The molecule has 2 amide bonds. The van der Waals surface area contributed by atoms with E-state index in [1.807, 2.05) is 0 Å². The summed E-state index contributed by atoms with van der Waals surface area (Å²) >= 11 is 10.6. The lowest BCUT2D eigenvalue weighted by Gasteiger charge is -2.25. The standard InChI is InChI=1S/C16H16BrClN4O3S/c1-9-13(26-16(19-9)22-4-6-25-7-5-22)15(24)21-20-14(23)11-3-2-10(17)8-12(11)18/h2-3,8H,4-7H2,1H3,(H,20,23)(H,21,24). The van der Waals surface area contributed by atoms with Crippen molar-refractivity contribution in [2.75, 3.05) is 31.2 Å². The monoisotopic (exact) mass is 458 g/mol. The lowest BCUT2D eigenvalue weighted by molar-refractivity contribution is 0.0848. The number of ether oxygens (including phenoxy) is 1. The highest BCUT2D eigenvalue weighted by Crippen LogP contribution is 2.26. The van der Waals surface area contributed by atoms with E-state index in [2.05, 4.69) is 36.7 Å². The number of aromatic nitrogens is 1. The maximum atomic E-state index is 12.4. The van der Waals surface area contributed by atoms with Crippen molar-refractivity contribution in [3.05, 3.63) is 43.8 Å². The highest BCUT2D eigenvalue weighted by Gasteiger charge is 2.21. The van der Waals surface area contributed by atoms with E-state index in [4.69, 9.17) is 16.3 Å². The molecule has 0 atom stereocenters. The zero-order chi connectivity index (χ0) is 18.7. The number of carbonyl (C=O) groups excluding carboxylic acids is 2. The third-order valence-corrected chi connectivity index (χ3v) is 5.76. The second-order valence-electron chi connectivity index (χ2n) is 5.54. The van der Waals surface area contributed by atoms with Crippen LogP contribution in [0.1, 0.15) is 25.7 Å². The third-order valence-electron chi connectivity index (χ3n) is 3.74. The van der Waals surface area contributed by atoms with Gasteiger partial charge in [0, 0.05) is 17.6 Å². The molecule has 0 saturated carbocycles. The van der Waals surface area contributed by atoms with Gasteiger partial charge in [-0.15, -0.1) is 0 Å². The van der Waals surface area contributed by atoms with Gasteiger partial charge >= 0.3 is 0 Å². The van der Waals surface area contributed by atoms with E-state index in [0.717, 1.165) is 22.7 Å². The van der Waals surface area contributed by atoms with Crippen LogP contribution in [0, 0.1) is 6.92 Å². The molecule has 1 aliphatic heterocycles. The zero-order valence-corrected chi connectivity index (χ0v) is 17.0. The predicted octanol–water partition coefficient (Wildman–Crippen LogP) is 2.78. The fourth-order valence-electron chi connectivity index (χ4n) is 2.39. The fourth-order valence-corrected chi connectivity index (χ4v) is 4.17. The number of anilines is 1. The summed E-state index contributed by atoms with van der Waals surface area (Å²) in [4.78, 5) is 31.6. The molecule has 0 spiro atoms. The van der Waals surface area contributed by atoms with Gasteiger partial charge in [-0.2, -0.15) is 0 Å². The largest absolute Gasteiger partial charge is 0.378 e. The van der Waals surface area contributed by atoms with Crippen molar-refractivity contribution in [2.24, 2.45) is 0 Å². The molecular weight excluding hydrogens is 444 g/mol. The van der Waals surface area contributed by atoms with E-state index < -0.39 is 11.8 Å². The Morgan fingerprint density at radius 3 is 2.65 bits per heavy atom. The molecule has 10 heteroatoms. The minimum atomic E-state index is -0.494. The number of thiazole rings is 1. The second kappa shape index (κ2) is 8.34. The van der Waals surface area contributed by atoms with E-state index in [9.17, 15) is 9.59 Å². The quantitative estimate of drug-likeness (QED) is 0.690. The first-order chi connectivity index (χ1) is 12.5. The molecule has 0 unspecified atom stereocenters. The number of aryl methyl sites for hydroxylation is 1. The van der Waals surface area contributed by atoms with Crippen LogP contribution < -0.4 is 15.8 Å². The van der Waals surface area contributed by atoms with Crippen LogP contribution in [0.4, 0.5) is 5.13 Å². The normalized spacial score (nSPS) is 14.2. The van der Waals surface area contributed by atoms with Crippen molar-refractivity contribution in [1.29, 1.82) is 0 Å². The maximum absolute atomic E-state index is 12.4. The van der Waals surface area contributed by atoms with Crippen LogP contribution in [-0.2, 0) is 4.74 Å². The summed E-state index contributed by atoms with van der Waals surface area (Å²) in [5.41, 5.74) is 5.68. The molecule has 7 nitrogen and oxygen atoms in total. The Balaban J connectivity index is 1.64. The highest BCUT2D eigenvalue weighted by atomic mass is 79.9. The van der Waals surface area contributed by atoms with Crippen molar-refractivity contribution in [2.45, 2.75) is 6.92 Å². The first-order valence-corrected chi connectivity index (χ1v) is 9.80. The molecule has 1 aromatic heterocycles. The molecule has 0 radical (unpaired) electrons. The Morgan fingerprint density at radius 2 is 1.96 bits per heavy atom. The van der Waals surface area contributed by atoms with Crippen LogP contribution in [0.2, 0.25) is 5.02 Å². The number of hydrazine groups is 1.